The van der Waals surface area contributed by atoms with E-state index in [-0.39, 0.29) is 19.3 Å². The molecule has 2 heterocycles. The van der Waals surface area contributed by atoms with Crippen molar-refractivity contribution in [3.63, 3.8) is 0 Å². The number of hydrogen-bond donors (Lipinski definition) is 3. The molecule has 0 amide bonds. The third kappa shape index (κ3) is 2.62. The molecule has 1 aliphatic heterocycles. The van der Waals surface area contributed by atoms with Gasteiger partial charge in [-0.2, -0.15) is 0 Å². The van der Waals surface area contributed by atoms with E-state index < -0.39 is 0 Å². The van der Waals surface area contributed by atoms with Crippen LogP contribution in [0.15, 0.2) is 23.2 Å². The zero-order chi connectivity index (χ0) is 16.7. The Bertz CT molecular complexity index is 793. The number of nitrogens with two attached hydrogens (primary N) is 1. The summed E-state index contributed by atoms with van der Waals surface area (Å²) in [6.07, 6.45) is 4.89. The van der Waals surface area contributed by atoms with Gasteiger partial charge in [0.25, 0.3) is 0 Å². The lowest BCUT2D eigenvalue weighted by molar-refractivity contribution is 0.277. The van der Waals surface area contributed by atoms with E-state index >= 15 is 0 Å². The van der Waals surface area contributed by atoms with Crippen LogP contribution in [0.2, 0.25) is 0 Å². The van der Waals surface area contributed by atoms with Crippen molar-refractivity contribution in [2.75, 3.05) is 18.2 Å². The lowest BCUT2D eigenvalue weighted by Crippen LogP contribution is -2.16. The molecule has 5 nitrogen and oxygen atoms in total. The molecular formula is C18H23N3O2S. The average molecular weight is 345 g/mol. The maximum absolute atomic E-state index is 9.62. The fourth-order valence-electron chi connectivity index (χ4n) is 3.92. The first-order chi connectivity index (χ1) is 11.7. The number of hydrogen-bond acceptors (Lipinski definition) is 5. The molecule has 1 aromatic heterocycles. The van der Waals surface area contributed by atoms with E-state index in [1.165, 1.54) is 31.2 Å². The fourth-order valence-corrected chi connectivity index (χ4v) is 4.98. The quantitative estimate of drug-likeness (QED) is 0.743. The van der Waals surface area contributed by atoms with Crippen LogP contribution < -0.4 is 5.84 Å². The number of aliphatic hydroxyl groups excluding tert-OH is 2. The van der Waals surface area contributed by atoms with Crippen molar-refractivity contribution in [2.24, 2.45) is 4.99 Å². The Morgan fingerprint density at radius 3 is 2.67 bits per heavy atom. The summed E-state index contributed by atoms with van der Waals surface area (Å²) in [5, 5.41) is 20.9. The van der Waals surface area contributed by atoms with Gasteiger partial charge in [-0.3, -0.25) is 9.67 Å². The monoisotopic (exact) mass is 345 g/mol. The highest BCUT2D eigenvalue weighted by Gasteiger charge is 2.26. The maximum Gasteiger partial charge on any atom is 0.117 e. The van der Waals surface area contributed by atoms with Gasteiger partial charge in [-0.1, -0.05) is 18.9 Å². The van der Waals surface area contributed by atoms with Crippen molar-refractivity contribution in [3.8, 4) is 0 Å². The number of thioether (sulfide) groups is 1. The number of nitrogen functional groups attached to an aromatic ring is 1. The molecule has 1 fully saturated rings. The summed E-state index contributed by atoms with van der Waals surface area (Å²) >= 11 is 1.65. The largest absolute Gasteiger partial charge is 0.394 e. The van der Waals surface area contributed by atoms with Crippen LogP contribution in [0.25, 0.3) is 10.9 Å². The van der Waals surface area contributed by atoms with Gasteiger partial charge in [0.1, 0.15) is 5.04 Å². The number of aliphatic hydroxyl groups is 2. The lowest BCUT2D eigenvalue weighted by atomic mass is 9.94. The Labute approximate surface area is 145 Å². The van der Waals surface area contributed by atoms with Crippen molar-refractivity contribution in [3.05, 3.63) is 35.0 Å². The van der Waals surface area contributed by atoms with Crippen molar-refractivity contribution in [2.45, 2.75) is 44.2 Å². The third-order valence-corrected chi connectivity index (χ3v) is 6.28. The summed E-state index contributed by atoms with van der Waals surface area (Å²) in [6, 6.07) is 6.17. The van der Waals surface area contributed by atoms with Gasteiger partial charge in [0.05, 0.1) is 30.5 Å². The number of aromatic nitrogens is 1. The summed E-state index contributed by atoms with van der Waals surface area (Å²) in [5.74, 6) is 7.78. The Morgan fingerprint density at radius 1 is 1.21 bits per heavy atom. The lowest BCUT2D eigenvalue weighted by Gasteiger charge is -2.15. The van der Waals surface area contributed by atoms with Crippen LogP contribution in [-0.4, -0.2) is 38.3 Å². The van der Waals surface area contributed by atoms with E-state index in [0.29, 0.717) is 5.92 Å². The molecule has 1 saturated carbocycles. The molecule has 24 heavy (non-hydrogen) atoms. The fraction of sp³-hybridized carbons (Fsp3) is 0.500. The normalized spacial score (nSPS) is 21.8. The summed E-state index contributed by atoms with van der Waals surface area (Å²) in [4.78, 5) is 4.58. The molecule has 1 aliphatic carbocycles. The zero-order valence-corrected chi connectivity index (χ0v) is 14.4. The summed E-state index contributed by atoms with van der Waals surface area (Å²) in [6.45, 7) is 0.117. The molecule has 4 N–H and O–H groups in total. The molecule has 6 heteroatoms. The molecule has 1 aromatic carbocycles. The van der Waals surface area contributed by atoms with Gasteiger partial charge < -0.3 is 16.1 Å². The topological polar surface area (TPSA) is 83.8 Å². The average Bonchev–Trinajstić information content (AvgIpc) is 3.34. The minimum atomic E-state index is -0.0367. The van der Waals surface area contributed by atoms with Gasteiger partial charge in [-0.15, -0.1) is 11.8 Å². The molecular weight excluding hydrogens is 322 g/mol. The highest BCUT2D eigenvalue weighted by molar-refractivity contribution is 8.14. The van der Waals surface area contributed by atoms with Crippen molar-refractivity contribution in [1.29, 1.82) is 0 Å². The first kappa shape index (κ1) is 16.0. The van der Waals surface area contributed by atoms with Crippen LogP contribution in [0.3, 0.4) is 0 Å². The van der Waals surface area contributed by atoms with E-state index in [4.69, 9.17) is 5.84 Å². The Kier molecular flexibility index (Phi) is 4.28. The molecule has 4 rings (SSSR count). The van der Waals surface area contributed by atoms with Gasteiger partial charge >= 0.3 is 0 Å². The van der Waals surface area contributed by atoms with Gasteiger partial charge in [0.2, 0.25) is 0 Å². The molecule has 0 radical (unpaired) electrons. The van der Waals surface area contributed by atoms with E-state index in [9.17, 15) is 10.2 Å². The second kappa shape index (κ2) is 6.43. The van der Waals surface area contributed by atoms with E-state index in [2.05, 4.69) is 17.1 Å². The zero-order valence-electron chi connectivity index (χ0n) is 13.6. The number of fused-ring (bicyclic) bond motifs is 1. The van der Waals surface area contributed by atoms with Crippen LogP contribution in [-0.2, 0) is 6.61 Å². The van der Waals surface area contributed by atoms with Gasteiger partial charge in [-0.25, -0.2) is 0 Å². The third-order valence-electron chi connectivity index (χ3n) is 5.14. The first-order valence-corrected chi connectivity index (χ1v) is 9.56. The van der Waals surface area contributed by atoms with Crippen LogP contribution in [0.4, 0.5) is 0 Å². The van der Waals surface area contributed by atoms with Crippen LogP contribution in [0.5, 0.6) is 0 Å². The van der Waals surface area contributed by atoms with Crippen molar-refractivity contribution >= 4 is 27.7 Å². The van der Waals surface area contributed by atoms with Gasteiger partial charge in [0.15, 0.2) is 0 Å². The first-order valence-electron chi connectivity index (χ1n) is 8.57. The smallest absolute Gasteiger partial charge is 0.117 e. The Morgan fingerprint density at radius 2 is 2.00 bits per heavy atom. The highest BCUT2D eigenvalue weighted by atomic mass is 32.2. The number of rotatable bonds is 4. The second-order valence-corrected chi connectivity index (χ2v) is 7.75. The van der Waals surface area contributed by atoms with E-state index in [1.807, 2.05) is 6.07 Å². The molecule has 1 atom stereocenters. The molecule has 0 spiro atoms. The maximum atomic E-state index is 9.62. The van der Waals surface area contributed by atoms with Crippen LogP contribution in [0, 0.1) is 0 Å². The summed E-state index contributed by atoms with van der Waals surface area (Å²) in [7, 11) is 0. The minimum Gasteiger partial charge on any atom is -0.394 e. The van der Waals surface area contributed by atoms with Crippen LogP contribution in [0.1, 0.15) is 48.4 Å². The second-order valence-electron chi connectivity index (χ2n) is 6.74. The predicted molar refractivity (Wildman–Crippen MR) is 99.1 cm³/mol. The van der Waals surface area contributed by atoms with E-state index in [1.54, 1.807) is 16.4 Å². The van der Waals surface area contributed by atoms with Crippen LogP contribution >= 0.6 is 11.8 Å². The number of nitrogens with zero attached hydrogens (tertiary/aromatic N) is 2. The predicted octanol–water partition coefficient (Wildman–Crippen LogP) is 2.36. The molecule has 2 aromatic rings. The van der Waals surface area contributed by atoms with E-state index in [0.717, 1.165) is 33.0 Å². The summed E-state index contributed by atoms with van der Waals surface area (Å²) < 4.78 is 1.76. The SMILES string of the molecule is Nn1c(C2=NC(CO)CS2)cc2cc(CO)cc(C3CCCC3)c21. The minimum absolute atomic E-state index is 0.0367. The molecule has 0 saturated heterocycles. The van der Waals surface area contributed by atoms with Crippen molar-refractivity contribution in [1.82, 2.24) is 4.68 Å². The molecule has 0 bridgehead atoms. The highest BCUT2D eigenvalue weighted by Crippen LogP contribution is 2.39. The van der Waals surface area contributed by atoms with Crippen molar-refractivity contribution < 1.29 is 10.2 Å². The Hall–Kier alpha value is -1.50. The molecule has 2 aliphatic rings. The molecule has 128 valence electrons. The van der Waals surface area contributed by atoms with Gasteiger partial charge in [-0.05, 0) is 42.0 Å². The standard InChI is InChI=1S/C18H23N3O2S/c19-21-16(18-20-14(9-23)10-24-18)7-13-5-11(8-22)6-15(17(13)21)12-3-1-2-4-12/h5-7,12,14,22-23H,1-4,8-10,19H2. The molecule has 1 unspecified atom stereocenters. The Balaban J connectivity index is 1.86. The summed E-state index contributed by atoms with van der Waals surface area (Å²) in [5.41, 5.74) is 4.16. The van der Waals surface area contributed by atoms with Gasteiger partial charge in [0, 0.05) is 11.1 Å². The number of benzene rings is 1. The number of aliphatic imine (C=N–C) groups is 1.